The Morgan fingerprint density at radius 1 is 1.07 bits per heavy atom. The highest BCUT2D eigenvalue weighted by atomic mass is 35.5. The Morgan fingerprint density at radius 2 is 1.89 bits per heavy atom. The number of hydrogen-bond donors (Lipinski definition) is 0. The number of anilines is 2. The molecule has 228 valence electrons. The number of aromatic nitrogens is 2. The van der Waals surface area contributed by atoms with E-state index >= 15 is 0 Å². The number of nitrogens with zero attached hydrogens (tertiary/aromatic N) is 7. The molecule has 0 spiro atoms. The van der Waals surface area contributed by atoms with Crippen LogP contribution in [0.25, 0.3) is 15.6 Å². The minimum atomic E-state index is -1.01. The van der Waals surface area contributed by atoms with Crippen molar-refractivity contribution >= 4 is 39.8 Å². The maximum absolute atomic E-state index is 13.8. The third-order valence-electron chi connectivity index (χ3n) is 9.38. The standard InChI is InChI=1S/C33H35ClFN7O2/c1-21(35)32(43)42-16-15-40(18-25(42)17-36-2)31-26-12-13-39(29-8-4-6-22-5-3-7-27(34)30(22)29)19-28(26)37-33(38-31)44-20-24-11-14-41(24)23-9-10-23/h3-8,23-25H,1,9-20H2/t24-,25-/m0/s1. The van der Waals surface area contributed by atoms with E-state index in [0.717, 1.165) is 53.0 Å². The number of fused-ring (bicyclic) bond motifs is 2. The fourth-order valence-electron chi connectivity index (χ4n) is 6.89. The second-order valence-electron chi connectivity index (χ2n) is 12.1. The maximum Gasteiger partial charge on any atom is 0.318 e. The van der Waals surface area contributed by atoms with Crippen molar-refractivity contribution in [3.63, 3.8) is 0 Å². The molecule has 7 rings (SSSR count). The number of carbonyl (C=O) groups is 1. The summed E-state index contributed by atoms with van der Waals surface area (Å²) in [5.41, 5.74) is 3.00. The molecule has 1 saturated carbocycles. The van der Waals surface area contributed by atoms with Gasteiger partial charge in [0.2, 0.25) is 6.54 Å². The van der Waals surface area contributed by atoms with Crippen LogP contribution in [0.15, 0.2) is 48.8 Å². The molecule has 0 unspecified atom stereocenters. The highest BCUT2D eigenvalue weighted by Crippen LogP contribution is 2.38. The summed E-state index contributed by atoms with van der Waals surface area (Å²) in [6.07, 6.45) is 4.34. The third kappa shape index (κ3) is 5.44. The second kappa shape index (κ2) is 11.9. The molecule has 0 bridgehead atoms. The highest BCUT2D eigenvalue weighted by molar-refractivity contribution is 6.36. The Kier molecular flexibility index (Phi) is 7.77. The first-order chi connectivity index (χ1) is 21.4. The fourth-order valence-corrected chi connectivity index (χ4v) is 7.17. The Bertz CT molecular complexity index is 1650. The van der Waals surface area contributed by atoms with Gasteiger partial charge in [0.25, 0.3) is 5.91 Å². The minimum absolute atomic E-state index is 0.0699. The van der Waals surface area contributed by atoms with E-state index in [1.54, 1.807) is 0 Å². The smallest absolute Gasteiger partial charge is 0.318 e. The van der Waals surface area contributed by atoms with Gasteiger partial charge >= 0.3 is 6.01 Å². The van der Waals surface area contributed by atoms with Crippen LogP contribution in [0, 0.1) is 6.57 Å². The van der Waals surface area contributed by atoms with Gasteiger partial charge in [0, 0.05) is 61.4 Å². The molecule has 4 aliphatic rings. The SMILES string of the molecule is [C-]#[N+]C[C@H]1CN(c2nc(OC[C@@H]3CCN3C3CC3)nc3c2CCN(c2cccc4cccc(Cl)c24)C3)CCN1C(=O)C(=C)F. The molecule has 2 aromatic carbocycles. The van der Waals surface area contributed by atoms with Crippen LogP contribution in [0.4, 0.5) is 15.9 Å². The molecule has 3 aromatic rings. The van der Waals surface area contributed by atoms with Crippen molar-refractivity contribution in [1.29, 1.82) is 0 Å². The fraction of sp³-hybridized carbons (Fsp3) is 0.455. The van der Waals surface area contributed by atoms with Crippen molar-refractivity contribution in [2.45, 2.75) is 50.4 Å². The lowest BCUT2D eigenvalue weighted by atomic mass is 10.0. The Balaban J connectivity index is 1.20. The Labute approximate surface area is 261 Å². The van der Waals surface area contributed by atoms with E-state index in [1.807, 2.05) is 12.1 Å². The first-order valence-corrected chi connectivity index (χ1v) is 15.7. The number of amides is 1. The van der Waals surface area contributed by atoms with Gasteiger partial charge in [-0.05, 0) is 43.2 Å². The average molecular weight is 616 g/mol. The predicted octanol–water partition coefficient (Wildman–Crippen LogP) is 4.88. The lowest BCUT2D eigenvalue weighted by Crippen LogP contribution is -2.57. The van der Waals surface area contributed by atoms with Crippen molar-refractivity contribution in [1.82, 2.24) is 19.8 Å². The zero-order chi connectivity index (χ0) is 30.4. The quantitative estimate of drug-likeness (QED) is 0.264. The van der Waals surface area contributed by atoms with Crippen LogP contribution >= 0.6 is 11.6 Å². The van der Waals surface area contributed by atoms with Crippen LogP contribution in [0.2, 0.25) is 5.02 Å². The molecule has 44 heavy (non-hydrogen) atoms. The molecule has 2 saturated heterocycles. The minimum Gasteiger partial charge on any atom is -0.462 e. The summed E-state index contributed by atoms with van der Waals surface area (Å²) in [5.74, 6) is -0.986. The van der Waals surface area contributed by atoms with Crippen LogP contribution in [-0.4, -0.2) is 89.7 Å². The molecule has 2 atom stereocenters. The molecular weight excluding hydrogens is 581 g/mol. The number of rotatable bonds is 8. The van der Waals surface area contributed by atoms with Gasteiger partial charge in [-0.15, -0.1) is 0 Å². The number of halogens is 2. The van der Waals surface area contributed by atoms with E-state index < -0.39 is 17.8 Å². The number of ether oxygens (including phenoxy) is 1. The summed E-state index contributed by atoms with van der Waals surface area (Å²) in [4.78, 5) is 34.4. The van der Waals surface area contributed by atoms with E-state index in [2.05, 4.69) is 50.4 Å². The maximum atomic E-state index is 13.8. The zero-order valence-corrected chi connectivity index (χ0v) is 25.3. The number of hydrogen-bond acceptors (Lipinski definition) is 7. The van der Waals surface area contributed by atoms with Crippen molar-refractivity contribution in [2.75, 3.05) is 55.7 Å². The van der Waals surface area contributed by atoms with Crippen molar-refractivity contribution < 1.29 is 13.9 Å². The summed E-state index contributed by atoms with van der Waals surface area (Å²) in [7, 11) is 0. The summed E-state index contributed by atoms with van der Waals surface area (Å²) >= 11 is 6.69. The van der Waals surface area contributed by atoms with E-state index in [1.165, 1.54) is 17.7 Å². The molecule has 0 radical (unpaired) electrons. The van der Waals surface area contributed by atoms with Crippen LogP contribution < -0.4 is 14.5 Å². The molecule has 1 aromatic heterocycles. The van der Waals surface area contributed by atoms with Crippen LogP contribution in [0.5, 0.6) is 6.01 Å². The molecule has 4 heterocycles. The third-order valence-corrected chi connectivity index (χ3v) is 9.70. The molecule has 11 heteroatoms. The Hall–Kier alpha value is -3.94. The van der Waals surface area contributed by atoms with E-state index in [4.69, 9.17) is 32.9 Å². The molecule has 3 aliphatic heterocycles. The molecule has 9 nitrogen and oxygen atoms in total. The van der Waals surface area contributed by atoms with Gasteiger partial charge in [-0.25, -0.2) is 11.0 Å². The van der Waals surface area contributed by atoms with Crippen LogP contribution in [0.1, 0.15) is 30.5 Å². The summed E-state index contributed by atoms with van der Waals surface area (Å²) < 4.78 is 20.1. The van der Waals surface area contributed by atoms with Gasteiger partial charge in [0.15, 0.2) is 5.83 Å². The topological polar surface area (TPSA) is 69.4 Å². The second-order valence-corrected chi connectivity index (χ2v) is 12.5. The van der Waals surface area contributed by atoms with E-state index in [-0.39, 0.29) is 13.1 Å². The van der Waals surface area contributed by atoms with Crippen molar-refractivity contribution in [3.8, 4) is 6.01 Å². The molecular formula is C33H35ClFN7O2. The van der Waals surface area contributed by atoms with Crippen LogP contribution in [-0.2, 0) is 17.8 Å². The number of piperazine rings is 1. The van der Waals surface area contributed by atoms with Crippen molar-refractivity contribution in [2.24, 2.45) is 0 Å². The monoisotopic (exact) mass is 615 g/mol. The average Bonchev–Trinajstić information content (AvgIpc) is 3.84. The van der Waals surface area contributed by atoms with E-state index in [9.17, 15) is 9.18 Å². The number of carbonyl (C=O) groups excluding carboxylic acids is 1. The van der Waals surface area contributed by atoms with Gasteiger partial charge in [-0.1, -0.05) is 42.4 Å². The van der Waals surface area contributed by atoms with Gasteiger partial charge in [0.05, 0.1) is 17.3 Å². The van der Waals surface area contributed by atoms with Gasteiger partial charge in [-0.2, -0.15) is 9.97 Å². The predicted molar refractivity (Wildman–Crippen MR) is 169 cm³/mol. The lowest BCUT2D eigenvalue weighted by Gasteiger charge is -2.41. The zero-order valence-electron chi connectivity index (χ0n) is 24.6. The van der Waals surface area contributed by atoms with Crippen molar-refractivity contribution in [3.05, 3.63) is 76.5 Å². The van der Waals surface area contributed by atoms with Crippen LogP contribution in [0.3, 0.4) is 0 Å². The lowest BCUT2D eigenvalue weighted by molar-refractivity contribution is -0.131. The number of likely N-dealkylation sites (tertiary alicyclic amines) is 1. The Morgan fingerprint density at radius 3 is 2.61 bits per heavy atom. The molecule has 3 fully saturated rings. The molecule has 0 N–H and O–H groups in total. The molecule has 1 amide bonds. The normalized spacial score (nSPS) is 21.9. The van der Waals surface area contributed by atoms with E-state index in [0.29, 0.717) is 55.8 Å². The van der Waals surface area contributed by atoms with Gasteiger partial charge < -0.3 is 24.3 Å². The number of benzene rings is 2. The first kappa shape index (κ1) is 28.8. The summed E-state index contributed by atoms with van der Waals surface area (Å²) in [6.45, 7) is 14.8. The molecule has 1 aliphatic carbocycles. The first-order valence-electron chi connectivity index (χ1n) is 15.4. The van der Waals surface area contributed by atoms with Gasteiger partial charge in [-0.3, -0.25) is 9.69 Å². The largest absolute Gasteiger partial charge is 0.462 e. The van der Waals surface area contributed by atoms with Gasteiger partial charge in [0.1, 0.15) is 18.5 Å². The highest BCUT2D eigenvalue weighted by Gasteiger charge is 2.40. The summed E-state index contributed by atoms with van der Waals surface area (Å²) in [5, 5.41) is 2.82. The summed E-state index contributed by atoms with van der Waals surface area (Å²) in [6, 6.07) is 13.1.